The van der Waals surface area contributed by atoms with Crippen LogP contribution in [-0.2, 0) is 10.0 Å². The fraction of sp³-hybridized carbons (Fsp3) is 0.500. The SMILES string of the molecule is CCS(=O)(=O)NC1CCCCC1COc1ccc(-n2cccn2)cc1. The Morgan fingerprint density at radius 3 is 2.68 bits per heavy atom. The molecule has 1 aliphatic carbocycles. The molecule has 1 fully saturated rings. The summed E-state index contributed by atoms with van der Waals surface area (Å²) in [6.07, 6.45) is 7.68. The summed E-state index contributed by atoms with van der Waals surface area (Å²) in [5.74, 6) is 1.12. The molecule has 136 valence electrons. The van der Waals surface area contributed by atoms with E-state index in [2.05, 4.69) is 9.82 Å². The van der Waals surface area contributed by atoms with Crippen molar-refractivity contribution >= 4 is 10.0 Å². The lowest BCUT2D eigenvalue weighted by molar-refractivity contribution is 0.180. The molecule has 1 saturated carbocycles. The monoisotopic (exact) mass is 363 g/mol. The van der Waals surface area contributed by atoms with Gasteiger partial charge >= 0.3 is 0 Å². The van der Waals surface area contributed by atoms with E-state index in [0.717, 1.165) is 37.1 Å². The average molecular weight is 363 g/mol. The zero-order valence-corrected chi connectivity index (χ0v) is 15.3. The number of rotatable bonds is 7. The summed E-state index contributed by atoms with van der Waals surface area (Å²) in [5.41, 5.74) is 0.976. The Bertz CT molecular complexity index is 757. The lowest BCUT2D eigenvalue weighted by Gasteiger charge is -2.31. The second-order valence-corrected chi connectivity index (χ2v) is 8.47. The van der Waals surface area contributed by atoms with Gasteiger partial charge in [0.25, 0.3) is 0 Å². The van der Waals surface area contributed by atoms with Crippen molar-refractivity contribution in [3.8, 4) is 11.4 Å². The Morgan fingerprint density at radius 1 is 1.24 bits per heavy atom. The Labute approximate surface area is 149 Å². The van der Waals surface area contributed by atoms with Crippen LogP contribution in [0.5, 0.6) is 5.75 Å². The highest BCUT2D eigenvalue weighted by Crippen LogP contribution is 2.26. The number of benzene rings is 1. The summed E-state index contributed by atoms with van der Waals surface area (Å²) in [4.78, 5) is 0. The number of nitrogens with one attached hydrogen (secondary N) is 1. The number of hydrogen-bond donors (Lipinski definition) is 1. The second-order valence-electron chi connectivity index (χ2n) is 6.43. The maximum absolute atomic E-state index is 11.9. The normalized spacial score (nSPS) is 21.2. The van der Waals surface area contributed by atoms with Crippen molar-refractivity contribution < 1.29 is 13.2 Å². The summed E-state index contributed by atoms with van der Waals surface area (Å²) in [6, 6.07) is 9.62. The highest BCUT2D eigenvalue weighted by atomic mass is 32.2. The van der Waals surface area contributed by atoms with E-state index in [1.165, 1.54) is 0 Å². The third-order valence-electron chi connectivity index (χ3n) is 4.69. The van der Waals surface area contributed by atoms with Gasteiger partial charge in [-0.05, 0) is 50.1 Å². The predicted octanol–water partition coefficient (Wildman–Crippen LogP) is 2.75. The fourth-order valence-corrected chi connectivity index (χ4v) is 4.13. The molecule has 0 amide bonds. The summed E-state index contributed by atoms with van der Waals surface area (Å²) in [5, 5.41) is 4.20. The Morgan fingerprint density at radius 2 is 2.00 bits per heavy atom. The largest absolute Gasteiger partial charge is 0.493 e. The summed E-state index contributed by atoms with van der Waals surface area (Å²) >= 11 is 0. The zero-order valence-electron chi connectivity index (χ0n) is 14.5. The van der Waals surface area contributed by atoms with Gasteiger partial charge in [0.15, 0.2) is 0 Å². The van der Waals surface area contributed by atoms with Crippen molar-refractivity contribution in [2.45, 2.75) is 38.6 Å². The van der Waals surface area contributed by atoms with Crippen LogP contribution in [0.1, 0.15) is 32.6 Å². The first kappa shape index (κ1) is 17.9. The predicted molar refractivity (Wildman–Crippen MR) is 97.4 cm³/mol. The van der Waals surface area contributed by atoms with Crippen molar-refractivity contribution in [2.75, 3.05) is 12.4 Å². The summed E-state index contributed by atoms with van der Waals surface area (Å²) in [7, 11) is -3.18. The van der Waals surface area contributed by atoms with Gasteiger partial charge in [-0.1, -0.05) is 12.8 Å². The number of aromatic nitrogens is 2. The van der Waals surface area contributed by atoms with E-state index in [1.807, 2.05) is 36.5 Å². The molecular formula is C18H25N3O3S. The molecule has 0 aliphatic heterocycles. The van der Waals surface area contributed by atoms with Gasteiger partial charge in [-0.25, -0.2) is 17.8 Å². The number of ether oxygens (including phenoxy) is 1. The Balaban J connectivity index is 1.59. The smallest absolute Gasteiger partial charge is 0.211 e. The molecule has 1 N–H and O–H groups in total. The number of hydrogen-bond acceptors (Lipinski definition) is 4. The van der Waals surface area contributed by atoms with Gasteiger partial charge < -0.3 is 4.74 Å². The topological polar surface area (TPSA) is 73.2 Å². The lowest BCUT2D eigenvalue weighted by Crippen LogP contribution is -2.44. The molecule has 1 aliphatic rings. The molecule has 1 aromatic carbocycles. The standard InChI is InChI=1S/C18H25N3O3S/c1-2-25(22,23)20-18-7-4-3-6-15(18)14-24-17-10-8-16(9-11-17)21-13-5-12-19-21/h5,8-13,15,18,20H,2-4,6-7,14H2,1H3. The van der Waals surface area contributed by atoms with E-state index >= 15 is 0 Å². The van der Waals surface area contributed by atoms with Gasteiger partial charge in [0.1, 0.15) is 5.75 Å². The van der Waals surface area contributed by atoms with Gasteiger partial charge in [-0.2, -0.15) is 5.10 Å². The molecular weight excluding hydrogens is 338 g/mol. The van der Waals surface area contributed by atoms with Crippen molar-refractivity contribution in [3.63, 3.8) is 0 Å². The molecule has 3 rings (SSSR count). The minimum absolute atomic E-state index is 0.0259. The maximum Gasteiger partial charge on any atom is 0.211 e. The van der Waals surface area contributed by atoms with Gasteiger partial charge in [0.05, 0.1) is 18.0 Å². The van der Waals surface area contributed by atoms with E-state index in [9.17, 15) is 8.42 Å². The number of nitrogens with zero attached hydrogens (tertiary/aromatic N) is 2. The van der Waals surface area contributed by atoms with Crippen molar-refractivity contribution in [3.05, 3.63) is 42.7 Å². The van der Waals surface area contributed by atoms with Gasteiger partial charge in [0.2, 0.25) is 10.0 Å². The molecule has 0 saturated heterocycles. The average Bonchev–Trinajstić information content (AvgIpc) is 3.16. The molecule has 2 atom stereocenters. The van der Waals surface area contributed by atoms with E-state index in [-0.39, 0.29) is 17.7 Å². The zero-order chi connectivity index (χ0) is 17.7. The quantitative estimate of drug-likeness (QED) is 0.821. The van der Waals surface area contributed by atoms with Crippen LogP contribution in [0, 0.1) is 5.92 Å². The van der Waals surface area contributed by atoms with Crippen molar-refractivity contribution in [2.24, 2.45) is 5.92 Å². The maximum atomic E-state index is 11.9. The summed E-state index contributed by atoms with van der Waals surface area (Å²) < 4.78 is 34.3. The van der Waals surface area contributed by atoms with Crippen LogP contribution in [0.25, 0.3) is 5.69 Å². The molecule has 1 aromatic heterocycles. The first-order chi connectivity index (χ1) is 12.1. The minimum atomic E-state index is -3.18. The highest BCUT2D eigenvalue weighted by Gasteiger charge is 2.28. The van der Waals surface area contributed by atoms with E-state index in [4.69, 9.17) is 4.74 Å². The van der Waals surface area contributed by atoms with Crippen LogP contribution < -0.4 is 9.46 Å². The van der Waals surface area contributed by atoms with Crippen LogP contribution in [0.4, 0.5) is 0 Å². The van der Waals surface area contributed by atoms with Crippen LogP contribution in [0.15, 0.2) is 42.7 Å². The first-order valence-corrected chi connectivity index (χ1v) is 10.5. The van der Waals surface area contributed by atoms with E-state index in [0.29, 0.717) is 6.61 Å². The fourth-order valence-electron chi connectivity index (χ4n) is 3.20. The van der Waals surface area contributed by atoms with Crippen LogP contribution in [0.3, 0.4) is 0 Å². The molecule has 1 heterocycles. The van der Waals surface area contributed by atoms with E-state index < -0.39 is 10.0 Å². The second kappa shape index (κ2) is 8.01. The van der Waals surface area contributed by atoms with Gasteiger partial charge in [-0.15, -0.1) is 0 Å². The first-order valence-electron chi connectivity index (χ1n) is 8.80. The lowest BCUT2D eigenvalue weighted by atomic mass is 9.86. The van der Waals surface area contributed by atoms with Crippen LogP contribution in [0.2, 0.25) is 0 Å². The molecule has 2 unspecified atom stereocenters. The third-order valence-corrected chi connectivity index (χ3v) is 6.11. The van der Waals surface area contributed by atoms with E-state index in [1.54, 1.807) is 17.8 Å². The van der Waals surface area contributed by atoms with Crippen molar-refractivity contribution in [1.82, 2.24) is 14.5 Å². The molecule has 7 heteroatoms. The minimum Gasteiger partial charge on any atom is -0.493 e. The Hall–Kier alpha value is -1.86. The Kier molecular flexibility index (Phi) is 5.75. The van der Waals surface area contributed by atoms with Crippen LogP contribution in [-0.4, -0.2) is 36.6 Å². The van der Waals surface area contributed by atoms with Crippen LogP contribution >= 0.6 is 0 Å². The van der Waals surface area contributed by atoms with Crippen molar-refractivity contribution in [1.29, 1.82) is 0 Å². The molecule has 0 spiro atoms. The molecule has 0 radical (unpaired) electrons. The summed E-state index contributed by atoms with van der Waals surface area (Å²) in [6.45, 7) is 2.19. The number of sulfonamides is 1. The molecule has 0 bridgehead atoms. The van der Waals surface area contributed by atoms with Gasteiger partial charge in [-0.3, -0.25) is 0 Å². The van der Waals surface area contributed by atoms with Gasteiger partial charge in [0, 0.05) is 24.4 Å². The highest BCUT2D eigenvalue weighted by molar-refractivity contribution is 7.89. The third kappa shape index (κ3) is 4.83. The molecule has 25 heavy (non-hydrogen) atoms. The molecule has 2 aromatic rings. The molecule has 6 nitrogen and oxygen atoms in total.